The minimum absolute atomic E-state index is 0.0353. The van der Waals surface area contributed by atoms with Gasteiger partial charge >= 0.3 is 6.03 Å². The first-order valence-electron chi connectivity index (χ1n) is 10.9. The monoisotopic (exact) mass is 419 g/mol. The molecule has 0 atom stereocenters. The molecule has 170 valence electrons. The lowest BCUT2D eigenvalue weighted by atomic mass is 10.0. The number of nitrogens with zero attached hydrogens (tertiary/aromatic N) is 3. The lowest BCUT2D eigenvalue weighted by Gasteiger charge is -2.30. The highest BCUT2D eigenvalue weighted by molar-refractivity contribution is 5.90. The van der Waals surface area contributed by atoms with Crippen molar-refractivity contribution in [3.8, 4) is 0 Å². The Bertz CT molecular complexity index is 684. The molecule has 1 aromatic rings. The number of hydrogen-bond donors (Lipinski definition) is 2. The van der Waals surface area contributed by atoms with Gasteiger partial charge in [0.2, 0.25) is 5.91 Å². The van der Waals surface area contributed by atoms with Crippen molar-refractivity contribution in [2.24, 2.45) is 5.92 Å². The van der Waals surface area contributed by atoms with Crippen molar-refractivity contribution in [2.45, 2.75) is 53.1 Å². The first kappa shape index (κ1) is 25.8. The molecule has 0 unspecified atom stereocenters. The topological polar surface area (TPSA) is 67.9 Å². The van der Waals surface area contributed by atoms with Crippen molar-refractivity contribution in [1.29, 1.82) is 0 Å². The van der Waals surface area contributed by atoms with E-state index in [2.05, 4.69) is 29.4 Å². The third-order valence-corrected chi connectivity index (χ3v) is 5.06. The molecule has 0 aliphatic heterocycles. The number of rotatable bonds is 11. The van der Waals surface area contributed by atoms with Crippen molar-refractivity contribution in [3.63, 3.8) is 0 Å². The predicted octanol–water partition coefficient (Wildman–Crippen LogP) is 3.61. The van der Waals surface area contributed by atoms with Gasteiger partial charge in [-0.25, -0.2) is 4.79 Å². The summed E-state index contributed by atoms with van der Waals surface area (Å²) in [4.78, 5) is 31.4. The summed E-state index contributed by atoms with van der Waals surface area (Å²) in [5, 5.41) is 5.74. The van der Waals surface area contributed by atoms with Gasteiger partial charge in [-0.05, 0) is 64.5 Å². The van der Waals surface area contributed by atoms with Gasteiger partial charge in [0.1, 0.15) is 0 Å². The Morgan fingerprint density at radius 3 is 2.13 bits per heavy atom. The first-order valence-corrected chi connectivity index (χ1v) is 10.9. The molecule has 30 heavy (non-hydrogen) atoms. The van der Waals surface area contributed by atoms with Gasteiger partial charge in [-0.2, -0.15) is 0 Å². The molecule has 0 radical (unpaired) electrons. The lowest BCUT2D eigenvalue weighted by Crippen LogP contribution is -2.40. The second-order valence-corrected chi connectivity index (χ2v) is 8.57. The van der Waals surface area contributed by atoms with E-state index in [1.165, 1.54) is 0 Å². The summed E-state index contributed by atoms with van der Waals surface area (Å²) in [6.07, 6.45) is 1.68. The summed E-state index contributed by atoms with van der Waals surface area (Å²) in [5.41, 5.74) is 2.77. The standard InChI is InChI=1S/C23H41N5O2/c1-9-18(10-2)22(29)28(14-13-26(5)6)16-19-15-20(11-12-21(19)27(7)8)25-23(30)24-17(3)4/h11-12,15,17-18H,9-10,13-14,16H2,1-8H3,(H2,24,25,30). The second-order valence-electron chi connectivity index (χ2n) is 8.57. The highest BCUT2D eigenvalue weighted by Crippen LogP contribution is 2.25. The molecule has 0 aliphatic carbocycles. The third kappa shape index (κ3) is 8.22. The van der Waals surface area contributed by atoms with Crippen LogP contribution >= 0.6 is 0 Å². The van der Waals surface area contributed by atoms with E-state index in [1.807, 2.05) is 70.0 Å². The van der Waals surface area contributed by atoms with E-state index >= 15 is 0 Å². The predicted molar refractivity (Wildman–Crippen MR) is 126 cm³/mol. The zero-order chi connectivity index (χ0) is 22.8. The number of amides is 3. The van der Waals surface area contributed by atoms with Gasteiger partial charge in [-0.15, -0.1) is 0 Å². The van der Waals surface area contributed by atoms with E-state index in [9.17, 15) is 9.59 Å². The number of likely N-dealkylation sites (N-methyl/N-ethyl adjacent to an activating group) is 1. The Hall–Kier alpha value is -2.28. The minimum Gasteiger partial charge on any atom is -0.377 e. The van der Waals surface area contributed by atoms with Gasteiger partial charge in [0.05, 0.1) is 0 Å². The van der Waals surface area contributed by atoms with E-state index in [0.29, 0.717) is 13.1 Å². The molecule has 0 aromatic heterocycles. The number of benzene rings is 1. The molecule has 0 saturated heterocycles. The second kappa shape index (κ2) is 12.4. The molecule has 0 aliphatic rings. The fourth-order valence-corrected chi connectivity index (χ4v) is 3.35. The van der Waals surface area contributed by atoms with Crippen molar-refractivity contribution < 1.29 is 9.59 Å². The smallest absolute Gasteiger partial charge is 0.319 e. The molecule has 1 rings (SSSR count). The summed E-state index contributed by atoms with van der Waals surface area (Å²) in [6, 6.07) is 5.69. The maximum atomic E-state index is 13.2. The Kier molecular flexibility index (Phi) is 10.7. The SMILES string of the molecule is CCC(CC)C(=O)N(CCN(C)C)Cc1cc(NC(=O)NC(C)C)ccc1N(C)C. The fraction of sp³-hybridized carbons (Fsp3) is 0.652. The number of carbonyl (C=O) groups excluding carboxylic acids is 2. The quantitative estimate of drug-likeness (QED) is 0.575. The minimum atomic E-state index is -0.230. The summed E-state index contributed by atoms with van der Waals surface area (Å²) in [7, 11) is 8.01. The van der Waals surface area contributed by atoms with Crippen LogP contribution in [0.4, 0.5) is 16.2 Å². The third-order valence-electron chi connectivity index (χ3n) is 5.06. The summed E-state index contributed by atoms with van der Waals surface area (Å²) in [5.74, 6) is 0.232. The van der Waals surface area contributed by atoms with Crippen molar-refractivity contribution >= 4 is 23.3 Å². The zero-order valence-electron chi connectivity index (χ0n) is 20.1. The van der Waals surface area contributed by atoms with Gasteiger partial charge < -0.3 is 25.3 Å². The number of nitrogens with one attached hydrogen (secondary N) is 2. The van der Waals surface area contributed by atoms with Crippen LogP contribution in [0.25, 0.3) is 0 Å². The van der Waals surface area contributed by atoms with Crippen LogP contribution in [-0.4, -0.2) is 69.1 Å². The average molecular weight is 420 g/mol. The van der Waals surface area contributed by atoms with Gasteiger partial charge in [-0.3, -0.25) is 4.79 Å². The highest BCUT2D eigenvalue weighted by atomic mass is 16.2. The van der Waals surface area contributed by atoms with E-state index < -0.39 is 0 Å². The zero-order valence-corrected chi connectivity index (χ0v) is 20.1. The Morgan fingerprint density at radius 1 is 1.00 bits per heavy atom. The van der Waals surface area contributed by atoms with Crippen LogP contribution in [0.5, 0.6) is 0 Å². The Balaban J connectivity index is 3.18. The van der Waals surface area contributed by atoms with Crippen LogP contribution in [0, 0.1) is 5.92 Å². The molecule has 1 aromatic carbocycles. The van der Waals surface area contributed by atoms with Gasteiger partial charge in [0.15, 0.2) is 0 Å². The van der Waals surface area contributed by atoms with E-state index in [4.69, 9.17) is 0 Å². The van der Waals surface area contributed by atoms with Crippen LogP contribution in [0.1, 0.15) is 46.1 Å². The molecule has 7 nitrogen and oxygen atoms in total. The number of hydrogen-bond acceptors (Lipinski definition) is 4. The largest absolute Gasteiger partial charge is 0.377 e. The van der Waals surface area contributed by atoms with E-state index in [-0.39, 0.29) is 23.9 Å². The van der Waals surface area contributed by atoms with Crippen LogP contribution < -0.4 is 15.5 Å². The molecule has 3 amide bonds. The lowest BCUT2D eigenvalue weighted by molar-refractivity contribution is -0.136. The van der Waals surface area contributed by atoms with Gasteiger partial charge in [0.25, 0.3) is 0 Å². The average Bonchev–Trinajstić information content (AvgIpc) is 2.64. The molecule has 0 saturated carbocycles. The van der Waals surface area contributed by atoms with Crippen LogP contribution in [0.3, 0.4) is 0 Å². The summed E-state index contributed by atoms with van der Waals surface area (Å²) in [6.45, 7) is 9.97. The van der Waals surface area contributed by atoms with E-state index in [0.717, 1.165) is 36.3 Å². The number of carbonyl (C=O) groups is 2. The Morgan fingerprint density at radius 2 is 1.63 bits per heavy atom. The number of urea groups is 1. The van der Waals surface area contributed by atoms with Crippen LogP contribution in [0.15, 0.2) is 18.2 Å². The van der Waals surface area contributed by atoms with Crippen molar-refractivity contribution in [3.05, 3.63) is 23.8 Å². The molecule has 0 heterocycles. The molecule has 2 N–H and O–H groups in total. The van der Waals surface area contributed by atoms with Crippen molar-refractivity contribution in [2.75, 3.05) is 51.5 Å². The highest BCUT2D eigenvalue weighted by Gasteiger charge is 2.23. The molecule has 0 bridgehead atoms. The van der Waals surface area contributed by atoms with Gasteiger partial charge in [0, 0.05) is 57.1 Å². The van der Waals surface area contributed by atoms with Crippen LogP contribution in [-0.2, 0) is 11.3 Å². The molecular weight excluding hydrogens is 378 g/mol. The molecular formula is C23H41N5O2. The maximum absolute atomic E-state index is 13.2. The Labute approximate surface area is 182 Å². The molecule has 0 spiro atoms. The normalized spacial score (nSPS) is 11.2. The first-order chi connectivity index (χ1) is 14.1. The summed E-state index contributed by atoms with van der Waals surface area (Å²) < 4.78 is 0. The van der Waals surface area contributed by atoms with Gasteiger partial charge in [-0.1, -0.05) is 13.8 Å². The molecule has 0 fully saturated rings. The van der Waals surface area contributed by atoms with Crippen molar-refractivity contribution in [1.82, 2.24) is 15.1 Å². The molecule has 7 heteroatoms. The van der Waals surface area contributed by atoms with Crippen LogP contribution in [0.2, 0.25) is 0 Å². The maximum Gasteiger partial charge on any atom is 0.319 e. The fourth-order valence-electron chi connectivity index (χ4n) is 3.35. The number of anilines is 2. The summed E-state index contributed by atoms with van der Waals surface area (Å²) >= 11 is 0. The van der Waals surface area contributed by atoms with E-state index in [1.54, 1.807) is 0 Å².